The third-order valence-electron chi connectivity index (χ3n) is 2.03. The Morgan fingerprint density at radius 1 is 1.25 bits per heavy atom. The number of hydrogen-bond acceptors (Lipinski definition) is 3. The van der Waals surface area contributed by atoms with Gasteiger partial charge >= 0.3 is 0 Å². The second-order valence-corrected chi connectivity index (χ2v) is 4.05. The van der Waals surface area contributed by atoms with E-state index in [1.165, 1.54) is 0 Å². The van der Waals surface area contributed by atoms with E-state index >= 15 is 0 Å². The molecule has 0 atom stereocenters. The highest BCUT2D eigenvalue weighted by Gasteiger charge is 2.02. The predicted octanol–water partition coefficient (Wildman–Crippen LogP) is 3.26. The minimum absolute atomic E-state index is 0.658. The zero-order valence-electron chi connectivity index (χ0n) is 9.66. The molecule has 1 aromatic rings. The van der Waals surface area contributed by atoms with Crippen molar-refractivity contribution in [2.24, 2.45) is 0 Å². The van der Waals surface area contributed by atoms with Crippen LogP contribution in [0.1, 0.15) is 13.3 Å². The van der Waals surface area contributed by atoms with Crippen molar-refractivity contribution in [3.05, 3.63) is 22.7 Å². The summed E-state index contributed by atoms with van der Waals surface area (Å²) in [7, 11) is 1.64. The van der Waals surface area contributed by atoms with Crippen LogP contribution in [0.15, 0.2) is 22.7 Å². The van der Waals surface area contributed by atoms with E-state index in [9.17, 15) is 0 Å². The van der Waals surface area contributed by atoms with Crippen molar-refractivity contribution in [1.82, 2.24) is 0 Å². The van der Waals surface area contributed by atoms with Gasteiger partial charge in [0.2, 0.25) is 0 Å². The lowest BCUT2D eigenvalue weighted by molar-refractivity contribution is 0.130. The van der Waals surface area contributed by atoms with E-state index in [2.05, 4.69) is 15.9 Å². The van der Waals surface area contributed by atoms with Crippen molar-refractivity contribution < 1.29 is 14.2 Å². The van der Waals surface area contributed by atoms with Gasteiger partial charge in [-0.1, -0.05) is 0 Å². The third-order valence-corrected chi connectivity index (χ3v) is 2.65. The fourth-order valence-corrected chi connectivity index (χ4v) is 1.69. The van der Waals surface area contributed by atoms with Gasteiger partial charge in [-0.2, -0.15) is 0 Å². The molecule has 3 nitrogen and oxygen atoms in total. The zero-order valence-corrected chi connectivity index (χ0v) is 11.2. The zero-order chi connectivity index (χ0) is 11.8. The Balaban J connectivity index is 2.36. The molecule has 90 valence electrons. The minimum Gasteiger partial charge on any atom is -0.497 e. The van der Waals surface area contributed by atoms with Crippen LogP contribution < -0.4 is 9.47 Å². The van der Waals surface area contributed by atoms with Crippen molar-refractivity contribution >= 4 is 15.9 Å². The molecule has 0 N–H and O–H groups in total. The van der Waals surface area contributed by atoms with E-state index in [-0.39, 0.29) is 0 Å². The Labute approximate surface area is 105 Å². The molecule has 4 heteroatoms. The summed E-state index contributed by atoms with van der Waals surface area (Å²) >= 11 is 3.43. The van der Waals surface area contributed by atoms with Crippen LogP contribution in [0.3, 0.4) is 0 Å². The maximum absolute atomic E-state index is 5.60. The fourth-order valence-electron chi connectivity index (χ4n) is 1.21. The van der Waals surface area contributed by atoms with Gasteiger partial charge < -0.3 is 14.2 Å². The topological polar surface area (TPSA) is 27.7 Å². The third kappa shape index (κ3) is 4.41. The van der Waals surface area contributed by atoms with Crippen LogP contribution in [-0.4, -0.2) is 26.9 Å². The first-order chi connectivity index (χ1) is 7.77. The molecule has 0 aliphatic carbocycles. The minimum atomic E-state index is 0.658. The Hall–Kier alpha value is -0.740. The molecule has 0 bridgehead atoms. The van der Waals surface area contributed by atoms with Gasteiger partial charge in [-0.25, -0.2) is 0 Å². The van der Waals surface area contributed by atoms with Crippen LogP contribution >= 0.6 is 15.9 Å². The molecule has 0 aromatic heterocycles. The predicted molar refractivity (Wildman–Crippen MR) is 67.3 cm³/mol. The number of ether oxygens (including phenoxy) is 3. The van der Waals surface area contributed by atoms with Gasteiger partial charge in [0.1, 0.15) is 11.5 Å². The Kier molecular flexibility index (Phi) is 6.26. The van der Waals surface area contributed by atoms with Crippen molar-refractivity contribution in [2.75, 3.05) is 26.9 Å². The van der Waals surface area contributed by atoms with Gasteiger partial charge in [-0.05, 0) is 41.1 Å². The Bertz CT molecular complexity index is 315. The van der Waals surface area contributed by atoms with Gasteiger partial charge in [-0.3, -0.25) is 0 Å². The normalized spacial score (nSPS) is 10.2. The molecule has 0 fully saturated rings. The van der Waals surface area contributed by atoms with Gasteiger partial charge in [0.25, 0.3) is 0 Å². The molecule has 0 saturated carbocycles. The molecular weight excluding hydrogens is 272 g/mol. The lowest BCUT2D eigenvalue weighted by atomic mass is 10.3. The maximum Gasteiger partial charge on any atom is 0.133 e. The molecule has 0 radical (unpaired) electrons. The highest BCUT2D eigenvalue weighted by Crippen LogP contribution is 2.29. The summed E-state index contributed by atoms with van der Waals surface area (Å²) in [6.07, 6.45) is 0.895. The summed E-state index contributed by atoms with van der Waals surface area (Å²) in [5.74, 6) is 1.64. The molecule has 1 aromatic carbocycles. The number of benzene rings is 1. The van der Waals surface area contributed by atoms with E-state index in [1.54, 1.807) is 7.11 Å². The smallest absolute Gasteiger partial charge is 0.133 e. The summed E-state index contributed by atoms with van der Waals surface area (Å²) in [5.41, 5.74) is 0. The highest BCUT2D eigenvalue weighted by molar-refractivity contribution is 9.10. The second-order valence-electron chi connectivity index (χ2n) is 3.20. The maximum atomic E-state index is 5.60. The number of halogens is 1. The van der Waals surface area contributed by atoms with Gasteiger partial charge in [0.15, 0.2) is 0 Å². The molecular formula is C12H17BrO3. The summed E-state index contributed by atoms with van der Waals surface area (Å²) in [5, 5.41) is 0. The number of methoxy groups -OCH3 is 1. The van der Waals surface area contributed by atoms with E-state index in [0.29, 0.717) is 6.61 Å². The van der Waals surface area contributed by atoms with Gasteiger partial charge in [0.05, 0.1) is 18.2 Å². The largest absolute Gasteiger partial charge is 0.497 e. The number of rotatable bonds is 7. The Morgan fingerprint density at radius 2 is 2.06 bits per heavy atom. The highest BCUT2D eigenvalue weighted by atomic mass is 79.9. The van der Waals surface area contributed by atoms with Crippen molar-refractivity contribution in [1.29, 1.82) is 0 Å². The van der Waals surface area contributed by atoms with E-state index < -0.39 is 0 Å². The van der Waals surface area contributed by atoms with E-state index in [4.69, 9.17) is 14.2 Å². The summed E-state index contributed by atoms with van der Waals surface area (Å²) < 4.78 is 16.8. The average Bonchev–Trinajstić information content (AvgIpc) is 2.30. The summed E-state index contributed by atoms with van der Waals surface area (Å²) in [6, 6.07) is 5.66. The molecule has 0 aliphatic rings. The van der Waals surface area contributed by atoms with Gasteiger partial charge in [0, 0.05) is 19.6 Å². The molecule has 0 spiro atoms. The summed E-state index contributed by atoms with van der Waals surface area (Å²) in [4.78, 5) is 0. The van der Waals surface area contributed by atoms with Crippen LogP contribution in [0, 0.1) is 0 Å². The molecule has 0 saturated heterocycles. The van der Waals surface area contributed by atoms with E-state index in [0.717, 1.165) is 35.6 Å². The second kappa shape index (κ2) is 7.52. The van der Waals surface area contributed by atoms with Crippen molar-refractivity contribution in [3.8, 4) is 11.5 Å². The van der Waals surface area contributed by atoms with Crippen LogP contribution in [-0.2, 0) is 4.74 Å². The SMILES string of the molecule is CCOCCCOc1ccc(OC)cc1Br. The molecule has 16 heavy (non-hydrogen) atoms. The molecule has 0 unspecified atom stereocenters. The van der Waals surface area contributed by atoms with Crippen LogP contribution in [0.4, 0.5) is 0 Å². The summed E-state index contributed by atoms with van der Waals surface area (Å²) in [6.45, 7) is 4.14. The molecule has 0 amide bonds. The molecule has 1 rings (SSSR count). The first-order valence-electron chi connectivity index (χ1n) is 5.32. The van der Waals surface area contributed by atoms with E-state index in [1.807, 2.05) is 25.1 Å². The number of hydrogen-bond donors (Lipinski definition) is 0. The van der Waals surface area contributed by atoms with Crippen LogP contribution in [0.25, 0.3) is 0 Å². The van der Waals surface area contributed by atoms with Crippen molar-refractivity contribution in [3.63, 3.8) is 0 Å². The lowest BCUT2D eigenvalue weighted by Crippen LogP contribution is -2.03. The lowest BCUT2D eigenvalue weighted by Gasteiger charge is -2.09. The first kappa shape index (κ1) is 13.3. The Morgan fingerprint density at radius 3 is 2.69 bits per heavy atom. The quantitative estimate of drug-likeness (QED) is 0.721. The monoisotopic (exact) mass is 288 g/mol. The van der Waals surface area contributed by atoms with Crippen molar-refractivity contribution in [2.45, 2.75) is 13.3 Å². The average molecular weight is 289 g/mol. The van der Waals surface area contributed by atoms with Crippen LogP contribution in [0.2, 0.25) is 0 Å². The fraction of sp³-hybridized carbons (Fsp3) is 0.500. The first-order valence-corrected chi connectivity index (χ1v) is 6.11. The van der Waals surface area contributed by atoms with Gasteiger partial charge in [-0.15, -0.1) is 0 Å². The van der Waals surface area contributed by atoms with Crippen LogP contribution in [0.5, 0.6) is 11.5 Å². The molecule has 0 heterocycles. The standard InChI is InChI=1S/C12H17BrO3/c1-3-15-7-4-8-16-12-6-5-10(14-2)9-11(12)13/h5-6,9H,3-4,7-8H2,1-2H3. The molecule has 0 aliphatic heterocycles.